The van der Waals surface area contributed by atoms with E-state index in [0.29, 0.717) is 92.0 Å². The van der Waals surface area contributed by atoms with E-state index >= 15 is 0 Å². The Hall–Kier alpha value is -5.43. The number of rotatable bonds is 18. The van der Waals surface area contributed by atoms with Crippen LogP contribution >= 0.6 is 0 Å². The fourth-order valence-electron chi connectivity index (χ4n) is 7.14. The quantitative estimate of drug-likeness (QED) is 0.130. The molecule has 2 amide bonds. The Morgan fingerprint density at radius 2 is 1.70 bits per heavy atom. The van der Waals surface area contributed by atoms with Crippen molar-refractivity contribution in [2.45, 2.75) is 84.0 Å². The van der Waals surface area contributed by atoms with Crippen molar-refractivity contribution in [1.29, 1.82) is 0 Å². The third-order valence-electron chi connectivity index (χ3n) is 10.8. The maximum absolute atomic E-state index is 13.3. The average Bonchev–Trinajstić information content (AvgIpc) is 3.82. The van der Waals surface area contributed by atoms with Crippen LogP contribution in [0.5, 0.6) is 34.5 Å². The molecule has 0 bridgehead atoms. The molecular weight excluding hydrogens is 730 g/mol. The van der Waals surface area contributed by atoms with E-state index in [1.165, 1.54) is 0 Å². The number of benzene rings is 3. The molecule has 0 fully saturated rings. The van der Waals surface area contributed by atoms with Gasteiger partial charge in [0, 0.05) is 54.3 Å². The van der Waals surface area contributed by atoms with E-state index in [2.05, 4.69) is 22.4 Å². The molecule has 3 atom stereocenters. The van der Waals surface area contributed by atoms with Crippen molar-refractivity contribution >= 4 is 17.5 Å². The monoisotopic (exact) mass is 785 g/mol. The van der Waals surface area contributed by atoms with Crippen LogP contribution in [0.25, 0.3) is 0 Å². The van der Waals surface area contributed by atoms with Crippen LogP contribution in [0, 0.1) is 5.41 Å². The van der Waals surface area contributed by atoms with Gasteiger partial charge in [-0.05, 0) is 81.5 Å². The van der Waals surface area contributed by atoms with E-state index < -0.39 is 11.0 Å². The van der Waals surface area contributed by atoms with Gasteiger partial charge in [-0.25, -0.2) is 0 Å². The van der Waals surface area contributed by atoms with Gasteiger partial charge in [0.15, 0.2) is 24.2 Å². The van der Waals surface area contributed by atoms with Crippen LogP contribution in [0.1, 0.15) is 75.6 Å². The topological polar surface area (TPSA) is 155 Å². The number of carbonyl (C=O) groups excluding carboxylic acids is 2. The fraction of sp³-hybridized carbons (Fsp3) is 0.477. The predicted octanol–water partition coefficient (Wildman–Crippen LogP) is 6.02. The predicted molar refractivity (Wildman–Crippen MR) is 215 cm³/mol. The first-order valence-corrected chi connectivity index (χ1v) is 19.4. The number of fused-ring (bicyclic) bond motifs is 4. The number of carbonyl (C=O) groups is 2. The van der Waals surface area contributed by atoms with Gasteiger partial charge in [-0.3, -0.25) is 9.59 Å². The van der Waals surface area contributed by atoms with Gasteiger partial charge in [0.05, 0.1) is 25.7 Å². The molecule has 57 heavy (non-hydrogen) atoms. The van der Waals surface area contributed by atoms with Crippen molar-refractivity contribution < 1.29 is 48.0 Å². The minimum atomic E-state index is -0.631. The maximum atomic E-state index is 13.3. The van der Waals surface area contributed by atoms with Crippen molar-refractivity contribution in [2.75, 3.05) is 47.1 Å². The molecular formula is C44H55N3O10. The minimum absolute atomic E-state index is 0.0466. The number of amides is 2. The maximum Gasteiger partial charge on any atom is 0.257 e. The highest BCUT2D eigenvalue weighted by Gasteiger charge is 2.44. The Balaban J connectivity index is 1.05. The van der Waals surface area contributed by atoms with Gasteiger partial charge in [-0.2, -0.15) is 0 Å². The molecule has 13 heteroatoms. The zero-order valence-corrected chi connectivity index (χ0v) is 34.0. The number of hydrogen-bond acceptors (Lipinski definition) is 11. The number of nitrogens with one attached hydrogen (secondary N) is 2. The Labute approximate surface area is 334 Å². The summed E-state index contributed by atoms with van der Waals surface area (Å²) in [5, 5.41) is 20.0. The molecule has 3 heterocycles. The molecule has 3 aromatic carbocycles. The van der Waals surface area contributed by atoms with Gasteiger partial charge in [-0.15, -0.1) is 0 Å². The van der Waals surface area contributed by atoms with Gasteiger partial charge in [-0.1, -0.05) is 37.7 Å². The first-order valence-electron chi connectivity index (χ1n) is 19.4. The summed E-state index contributed by atoms with van der Waals surface area (Å²) in [5.41, 5.74) is 3.78. The molecule has 0 spiro atoms. The number of phenols is 1. The van der Waals surface area contributed by atoms with E-state index in [9.17, 15) is 14.7 Å². The molecule has 3 aromatic rings. The van der Waals surface area contributed by atoms with Gasteiger partial charge < -0.3 is 49.0 Å². The lowest BCUT2D eigenvalue weighted by Crippen LogP contribution is -2.40. The zero-order chi connectivity index (χ0) is 40.9. The lowest BCUT2D eigenvalue weighted by atomic mass is 9.83. The normalized spacial score (nSPS) is 18.1. The molecule has 13 nitrogen and oxygen atoms in total. The van der Waals surface area contributed by atoms with E-state index in [0.717, 1.165) is 22.3 Å². The molecule has 0 saturated carbocycles. The van der Waals surface area contributed by atoms with E-state index in [-0.39, 0.29) is 42.3 Å². The summed E-state index contributed by atoms with van der Waals surface area (Å²) in [6, 6.07) is 14.5. The molecule has 3 N–H and O–H groups in total. The highest BCUT2D eigenvalue weighted by atomic mass is 16.7. The molecule has 0 aromatic heterocycles. The lowest BCUT2D eigenvalue weighted by Gasteiger charge is -2.29. The molecule has 306 valence electrons. The van der Waals surface area contributed by atoms with Crippen LogP contribution < -0.4 is 34.3 Å². The van der Waals surface area contributed by atoms with Gasteiger partial charge >= 0.3 is 0 Å². The minimum Gasteiger partial charge on any atom is -0.508 e. The number of methoxy groups -OCH3 is 2. The second-order valence-corrected chi connectivity index (χ2v) is 16.0. The summed E-state index contributed by atoms with van der Waals surface area (Å²) in [6.45, 7) is 15.1. The lowest BCUT2D eigenvalue weighted by molar-refractivity contribution is -0.131. The Bertz CT molecular complexity index is 1990. The number of ether oxygens (including phenoxy) is 6. The van der Waals surface area contributed by atoms with Gasteiger partial charge in [0.2, 0.25) is 5.91 Å². The van der Waals surface area contributed by atoms with Crippen molar-refractivity contribution in [2.24, 2.45) is 10.6 Å². The van der Waals surface area contributed by atoms with Crippen LogP contribution in [0.2, 0.25) is 0 Å². The second-order valence-electron chi connectivity index (χ2n) is 16.0. The second kappa shape index (κ2) is 17.4. The molecule has 3 aliphatic heterocycles. The van der Waals surface area contributed by atoms with E-state index in [1.54, 1.807) is 26.4 Å². The number of aromatic hydroxyl groups is 1. The first kappa shape index (κ1) is 41.2. The molecule has 6 rings (SSSR count). The van der Waals surface area contributed by atoms with Crippen molar-refractivity contribution in [3.63, 3.8) is 0 Å². The SMILES string of the molecule is C=C(C)C1Cc2c(ccc(C3=NOC4COc5cc(OC)c(OC)cc5C34)c2OCC(=O)NCCC(C)(C)OCCC(C)(C)C(=O)NCCc2ccc(O)cc2)O1. The summed E-state index contributed by atoms with van der Waals surface area (Å²) >= 11 is 0. The summed E-state index contributed by atoms with van der Waals surface area (Å²) in [5.74, 6) is 2.55. The average molecular weight is 786 g/mol. The highest BCUT2D eigenvalue weighted by Crippen LogP contribution is 2.48. The number of nitrogens with zero attached hydrogens (tertiary/aromatic N) is 1. The van der Waals surface area contributed by atoms with Gasteiger partial charge in [0.25, 0.3) is 5.91 Å². The van der Waals surface area contributed by atoms with Crippen LogP contribution in [-0.2, 0) is 32.0 Å². The summed E-state index contributed by atoms with van der Waals surface area (Å²) < 4.78 is 36.0. The molecule has 0 aliphatic carbocycles. The standard InChI is InChI=1S/C44H55N3O10/c1-26(2)33-22-31-32(56-33)14-13-29(40-39-30-21-35(51-7)36(52-8)23-34(30)53-24-37(39)57-47-40)41(31)54-25-38(49)45-19-16-44(5,6)55-20-17-43(3,4)42(50)46-18-15-27-9-11-28(48)12-10-27/h9-14,21,23,33,37,39,48H,1,15-20,22,24-25H2,2-8H3,(H,45,49)(H,46,50). The third-order valence-corrected chi connectivity index (χ3v) is 10.8. The Morgan fingerprint density at radius 3 is 2.42 bits per heavy atom. The van der Waals surface area contributed by atoms with Crippen molar-refractivity contribution in [3.8, 4) is 34.5 Å². The number of phenolic OH excluding ortho intramolecular Hbond substituents is 1. The molecule has 3 unspecified atom stereocenters. The molecule has 0 radical (unpaired) electrons. The third kappa shape index (κ3) is 9.58. The summed E-state index contributed by atoms with van der Waals surface area (Å²) in [6.07, 6.45) is 1.69. The fourth-order valence-corrected chi connectivity index (χ4v) is 7.14. The molecule has 0 saturated heterocycles. The zero-order valence-electron chi connectivity index (χ0n) is 34.0. The first-order chi connectivity index (χ1) is 27.2. The number of hydrogen-bond donors (Lipinski definition) is 3. The van der Waals surface area contributed by atoms with E-state index in [4.69, 9.17) is 33.3 Å². The summed E-state index contributed by atoms with van der Waals surface area (Å²) in [4.78, 5) is 32.1. The van der Waals surface area contributed by atoms with Crippen molar-refractivity contribution in [3.05, 3.63) is 82.9 Å². The Morgan fingerprint density at radius 1 is 0.965 bits per heavy atom. The highest BCUT2D eigenvalue weighted by molar-refractivity contribution is 6.09. The van der Waals surface area contributed by atoms with E-state index in [1.807, 2.05) is 71.0 Å². The van der Waals surface area contributed by atoms with Crippen LogP contribution in [0.3, 0.4) is 0 Å². The van der Waals surface area contributed by atoms with Crippen LogP contribution in [0.15, 0.2) is 65.8 Å². The summed E-state index contributed by atoms with van der Waals surface area (Å²) in [7, 11) is 3.17. The van der Waals surface area contributed by atoms with Gasteiger partial charge in [0.1, 0.15) is 41.4 Å². The van der Waals surface area contributed by atoms with Crippen LogP contribution in [-0.4, -0.2) is 87.6 Å². The molecule has 3 aliphatic rings. The van der Waals surface area contributed by atoms with Crippen LogP contribution in [0.4, 0.5) is 0 Å². The smallest absolute Gasteiger partial charge is 0.257 e. The Kier molecular flexibility index (Phi) is 12.6. The largest absolute Gasteiger partial charge is 0.508 e. The van der Waals surface area contributed by atoms with Crippen molar-refractivity contribution in [1.82, 2.24) is 10.6 Å². The number of oxime groups is 1.